The van der Waals surface area contributed by atoms with Crippen LogP contribution in [0.1, 0.15) is 35.1 Å². The topological polar surface area (TPSA) is 56.1 Å². The number of aromatic nitrogens is 2. The zero-order valence-corrected chi connectivity index (χ0v) is 13.8. The maximum atomic E-state index is 12.0. The minimum Gasteiger partial charge on any atom is -0.370 e. The summed E-state index contributed by atoms with van der Waals surface area (Å²) in [7, 11) is 0. The van der Waals surface area contributed by atoms with Crippen LogP contribution in [0.4, 0.5) is 0 Å². The molecule has 2 aromatic heterocycles. The van der Waals surface area contributed by atoms with Gasteiger partial charge in [-0.2, -0.15) is 5.10 Å². The average molecular weight is 331 g/mol. The van der Waals surface area contributed by atoms with Crippen molar-refractivity contribution in [2.24, 2.45) is 5.92 Å². The Labute approximate surface area is 139 Å². The Balaban J connectivity index is 1.36. The number of nitrogens with zero attached hydrogens (tertiary/aromatic N) is 2. The second-order valence-corrected chi connectivity index (χ2v) is 7.41. The minimum atomic E-state index is -0.119. The van der Waals surface area contributed by atoms with Gasteiger partial charge in [0.05, 0.1) is 18.7 Å². The lowest BCUT2D eigenvalue weighted by atomic mass is 10.1. The first kappa shape index (κ1) is 14.9. The summed E-state index contributed by atoms with van der Waals surface area (Å²) in [6.45, 7) is 2.22. The van der Waals surface area contributed by atoms with Gasteiger partial charge in [0.1, 0.15) is 6.10 Å². The molecule has 2 aliphatic rings. The zero-order valence-electron chi connectivity index (χ0n) is 13.0. The molecule has 0 radical (unpaired) electrons. The average Bonchev–Trinajstić information content (AvgIpc) is 3.04. The predicted molar refractivity (Wildman–Crippen MR) is 88.4 cm³/mol. The standard InChI is InChI=1S/C17H21N3O2S/c21-16(8-14-2-1-7-23-14)18-9-15-17-13(5-6-22-15)11-20(19-17)10-12-3-4-12/h1-2,7,11-12,15H,3-6,8-10H2,(H,18,21)/t15-/m0/s1. The van der Waals surface area contributed by atoms with Crippen LogP contribution in [0.3, 0.4) is 0 Å². The Morgan fingerprint density at radius 1 is 1.48 bits per heavy atom. The second-order valence-electron chi connectivity index (χ2n) is 6.37. The van der Waals surface area contributed by atoms with Crippen LogP contribution in [-0.2, 0) is 28.9 Å². The van der Waals surface area contributed by atoms with Crippen LogP contribution in [0, 0.1) is 5.92 Å². The number of carbonyl (C=O) groups is 1. The Bertz CT molecular complexity index is 676. The third-order valence-electron chi connectivity index (χ3n) is 4.41. The van der Waals surface area contributed by atoms with Gasteiger partial charge in [-0.1, -0.05) is 6.07 Å². The van der Waals surface area contributed by atoms with Crippen LogP contribution >= 0.6 is 11.3 Å². The van der Waals surface area contributed by atoms with Gasteiger partial charge in [0.25, 0.3) is 0 Å². The number of fused-ring (bicyclic) bond motifs is 1. The number of rotatable bonds is 6. The number of nitrogens with one attached hydrogen (secondary N) is 1. The molecular weight excluding hydrogens is 310 g/mol. The molecule has 122 valence electrons. The fourth-order valence-corrected chi connectivity index (χ4v) is 3.69. The highest BCUT2D eigenvalue weighted by Crippen LogP contribution is 2.32. The van der Waals surface area contributed by atoms with E-state index >= 15 is 0 Å². The molecule has 2 aromatic rings. The molecule has 23 heavy (non-hydrogen) atoms. The van der Waals surface area contributed by atoms with Crippen molar-refractivity contribution in [3.63, 3.8) is 0 Å². The van der Waals surface area contributed by atoms with E-state index in [1.807, 2.05) is 17.5 Å². The summed E-state index contributed by atoms with van der Waals surface area (Å²) in [6.07, 6.45) is 6.04. The smallest absolute Gasteiger partial charge is 0.225 e. The monoisotopic (exact) mass is 331 g/mol. The lowest BCUT2D eigenvalue weighted by Crippen LogP contribution is -2.32. The molecule has 1 N–H and O–H groups in total. The maximum Gasteiger partial charge on any atom is 0.225 e. The first-order chi connectivity index (χ1) is 11.3. The molecule has 0 aromatic carbocycles. The van der Waals surface area contributed by atoms with E-state index in [9.17, 15) is 4.79 Å². The van der Waals surface area contributed by atoms with Gasteiger partial charge >= 0.3 is 0 Å². The molecule has 0 unspecified atom stereocenters. The summed E-state index contributed by atoms with van der Waals surface area (Å²) >= 11 is 1.61. The Hall–Kier alpha value is -1.66. The molecule has 1 fully saturated rings. The van der Waals surface area contributed by atoms with E-state index in [0.717, 1.165) is 29.5 Å². The summed E-state index contributed by atoms with van der Waals surface area (Å²) in [5.41, 5.74) is 2.28. The molecule has 1 amide bonds. The summed E-state index contributed by atoms with van der Waals surface area (Å²) in [4.78, 5) is 13.1. The largest absolute Gasteiger partial charge is 0.370 e. The lowest BCUT2D eigenvalue weighted by molar-refractivity contribution is -0.121. The second kappa shape index (κ2) is 6.45. The fourth-order valence-electron chi connectivity index (χ4n) is 2.99. The Morgan fingerprint density at radius 2 is 2.39 bits per heavy atom. The summed E-state index contributed by atoms with van der Waals surface area (Å²) in [5, 5.41) is 9.69. The van der Waals surface area contributed by atoms with Gasteiger partial charge in [-0.15, -0.1) is 11.3 Å². The van der Waals surface area contributed by atoms with Gasteiger partial charge < -0.3 is 10.1 Å². The van der Waals surface area contributed by atoms with Crippen molar-refractivity contribution in [3.05, 3.63) is 39.8 Å². The maximum absolute atomic E-state index is 12.0. The Morgan fingerprint density at radius 3 is 3.17 bits per heavy atom. The van der Waals surface area contributed by atoms with Crippen molar-refractivity contribution >= 4 is 17.2 Å². The highest BCUT2D eigenvalue weighted by molar-refractivity contribution is 7.10. The molecular formula is C17H21N3O2S. The van der Waals surface area contributed by atoms with E-state index < -0.39 is 0 Å². The quantitative estimate of drug-likeness (QED) is 0.884. The van der Waals surface area contributed by atoms with E-state index in [2.05, 4.69) is 16.2 Å². The van der Waals surface area contributed by atoms with E-state index in [0.29, 0.717) is 19.6 Å². The van der Waals surface area contributed by atoms with Crippen LogP contribution in [0.25, 0.3) is 0 Å². The Kier molecular flexibility index (Phi) is 4.18. The van der Waals surface area contributed by atoms with E-state index in [-0.39, 0.29) is 12.0 Å². The van der Waals surface area contributed by atoms with Crippen LogP contribution in [-0.4, -0.2) is 28.8 Å². The van der Waals surface area contributed by atoms with E-state index in [4.69, 9.17) is 9.84 Å². The molecule has 1 atom stereocenters. The van der Waals surface area contributed by atoms with Crippen LogP contribution in [0.2, 0.25) is 0 Å². The van der Waals surface area contributed by atoms with Crippen molar-refractivity contribution < 1.29 is 9.53 Å². The van der Waals surface area contributed by atoms with Crippen LogP contribution < -0.4 is 5.32 Å². The number of amides is 1. The molecule has 5 nitrogen and oxygen atoms in total. The third-order valence-corrected chi connectivity index (χ3v) is 5.28. The van der Waals surface area contributed by atoms with Crippen molar-refractivity contribution in [2.75, 3.05) is 13.2 Å². The highest BCUT2D eigenvalue weighted by atomic mass is 32.1. The van der Waals surface area contributed by atoms with E-state index in [1.165, 1.54) is 18.4 Å². The van der Waals surface area contributed by atoms with Crippen molar-refractivity contribution in [1.29, 1.82) is 0 Å². The van der Waals surface area contributed by atoms with Gasteiger partial charge in [0.2, 0.25) is 5.91 Å². The SMILES string of the molecule is O=C(Cc1cccs1)NC[C@@H]1OCCc2cn(CC3CC3)nc21. The minimum absolute atomic E-state index is 0.0422. The zero-order chi connectivity index (χ0) is 15.6. The normalized spacial score (nSPS) is 20.3. The van der Waals surface area contributed by atoms with E-state index in [1.54, 1.807) is 11.3 Å². The van der Waals surface area contributed by atoms with Crippen molar-refractivity contribution in [3.8, 4) is 0 Å². The first-order valence-corrected chi connectivity index (χ1v) is 9.13. The van der Waals surface area contributed by atoms with Crippen molar-refractivity contribution in [1.82, 2.24) is 15.1 Å². The molecule has 1 aliphatic heterocycles. The van der Waals surface area contributed by atoms with Crippen LogP contribution in [0.15, 0.2) is 23.7 Å². The first-order valence-electron chi connectivity index (χ1n) is 8.25. The van der Waals surface area contributed by atoms with Gasteiger partial charge in [0, 0.05) is 24.2 Å². The van der Waals surface area contributed by atoms with Crippen molar-refractivity contribution in [2.45, 2.75) is 38.3 Å². The number of ether oxygens (including phenoxy) is 1. The molecule has 0 spiro atoms. The molecule has 6 heteroatoms. The van der Waals surface area contributed by atoms with Crippen LogP contribution in [0.5, 0.6) is 0 Å². The molecule has 1 saturated carbocycles. The summed E-state index contributed by atoms with van der Waals surface area (Å²) < 4.78 is 7.90. The number of hydrogen-bond acceptors (Lipinski definition) is 4. The highest BCUT2D eigenvalue weighted by Gasteiger charge is 2.27. The summed E-state index contributed by atoms with van der Waals surface area (Å²) in [5.74, 6) is 0.849. The third kappa shape index (κ3) is 3.64. The molecule has 0 bridgehead atoms. The van der Waals surface area contributed by atoms with Gasteiger partial charge in [-0.05, 0) is 42.2 Å². The number of hydrogen-bond donors (Lipinski definition) is 1. The lowest BCUT2D eigenvalue weighted by Gasteiger charge is -2.22. The molecule has 1 aliphatic carbocycles. The van der Waals surface area contributed by atoms with Gasteiger partial charge in [0.15, 0.2) is 0 Å². The number of carbonyl (C=O) groups excluding carboxylic acids is 1. The van der Waals surface area contributed by atoms with Gasteiger partial charge in [-0.3, -0.25) is 9.48 Å². The molecule has 3 heterocycles. The summed E-state index contributed by atoms with van der Waals surface area (Å²) in [6, 6.07) is 3.95. The molecule has 0 saturated heterocycles. The molecule has 4 rings (SSSR count). The number of thiophene rings is 1. The van der Waals surface area contributed by atoms with Gasteiger partial charge in [-0.25, -0.2) is 0 Å². The fraction of sp³-hybridized carbons (Fsp3) is 0.529. The predicted octanol–water partition coefficient (Wildman–Crippen LogP) is 2.33.